The number of anilines is 3. The Balaban J connectivity index is 1.42. The smallest absolute Gasteiger partial charge is 0.263 e. The molecule has 0 radical (unpaired) electrons. The van der Waals surface area contributed by atoms with E-state index in [1.54, 1.807) is 16.6 Å². The highest BCUT2D eigenvalue weighted by atomic mass is 32.2. The summed E-state index contributed by atoms with van der Waals surface area (Å²) in [5, 5.41) is 6.73. The van der Waals surface area contributed by atoms with Gasteiger partial charge in [-0.2, -0.15) is 4.31 Å². The first-order valence-corrected chi connectivity index (χ1v) is 11.2. The number of pyridine rings is 1. The van der Waals surface area contributed by atoms with Crippen molar-refractivity contribution in [2.45, 2.75) is 12.5 Å². The Labute approximate surface area is 176 Å². The van der Waals surface area contributed by atoms with Crippen LogP contribution in [0.3, 0.4) is 0 Å². The van der Waals surface area contributed by atoms with Gasteiger partial charge < -0.3 is 16.0 Å². The third-order valence-corrected chi connectivity index (χ3v) is 7.52. The lowest BCUT2D eigenvalue weighted by atomic mass is 10.1. The van der Waals surface area contributed by atoms with Crippen LogP contribution in [-0.2, 0) is 10.0 Å². The van der Waals surface area contributed by atoms with Gasteiger partial charge in [-0.3, -0.25) is 9.78 Å². The zero-order valence-electron chi connectivity index (χ0n) is 16.3. The SMILES string of the molecule is Nc1nn2cc(F)cnc2c1C(=O)Nc1cnccc1N1CCN2[C@@H](CCS2(=O)=O)C1. The molecule has 13 heteroatoms. The minimum atomic E-state index is -3.17. The lowest BCUT2D eigenvalue weighted by Crippen LogP contribution is -2.51. The molecule has 0 saturated carbocycles. The summed E-state index contributed by atoms with van der Waals surface area (Å²) in [5.41, 5.74) is 7.21. The number of carbonyl (C=O) groups is 1. The maximum absolute atomic E-state index is 13.4. The Hall–Kier alpha value is -3.32. The highest BCUT2D eigenvalue weighted by molar-refractivity contribution is 7.89. The molecule has 1 atom stereocenters. The molecule has 0 aliphatic carbocycles. The summed E-state index contributed by atoms with van der Waals surface area (Å²) in [4.78, 5) is 23.0. The number of fused-ring (bicyclic) bond motifs is 2. The summed E-state index contributed by atoms with van der Waals surface area (Å²) >= 11 is 0. The van der Waals surface area contributed by atoms with E-state index < -0.39 is 21.7 Å². The first kappa shape index (κ1) is 19.6. The molecule has 0 bridgehead atoms. The van der Waals surface area contributed by atoms with E-state index in [-0.39, 0.29) is 28.8 Å². The van der Waals surface area contributed by atoms with Crippen molar-refractivity contribution in [3.05, 3.63) is 42.2 Å². The molecule has 5 heterocycles. The molecule has 31 heavy (non-hydrogen) atoms. The van der Waals surface area contributed by atoms with Gasteiger partial charge in [0.05, 0.1) is 35.7 Å². The molecule has 162 valence electrons. The van der Waals surface area contributed by atoms with Crippen LogP contribution in [0, 0.1) is 5.82 Å². The number of amides is 1. The molecule has 3 aromatic heterocycles. The van der Waals surface area contributed by atoms with Gasteiger partial charge in [0.25, 0.3) is 5.91 Å². The number of hydrogen-bond acceptors (Lipinski definition) is 8. The van der Waals surface area contributed by atoms with Crippen molar-refractivity contribution in [2.24, 2.45) is 0 Å². The van der Waals surface area contributed by atoms with Crippen molar-refractivity contribution in [3.63, 3.8) is 0 Å². The third-order valence-electron chi connectivity index (χ3n) is 5.58. The second-order valence-electron chi connectivity index (χ2n) is 7.46. The predicted molar refractivity (Wildman–Crippen MR) is 111 cm³/mol. The summed E-state index contributed by atoms with van der Waals surface area (Å²) in [6.07, 6.45) is 5.77. The van der Waals surface area contributed by atoms with Gasteiger partial charge in [-0.15, -0.1) is 5.10 Å². The van der Waals surface area contributed by atoms with Crippen LogP contribution in [0.2, 0.25) is 0 Å². The van der Waals surface area contributed by atoms with Crippen molar-refractivity contribution in [2.75, 3.05) is 41.3 Å². The highest BCUT2D eigenvalue weighted by Gasteiger charge is 2.41. The highest BCUT2D eigenvalue weighted by Crippen LogP contribution is 2.32. The van der Waals surface area contributed by atoms with E-state index in [1.807, 2.05) is 4.90 Å². The monoisotopic (exact) mass is 446 g/mol. The van der Waals surface area contributed by atoms with E-state index >= 15 is 0 Å². The first-order chi connectivity index (χ1) is 14.8. The summed E-state index contributed by atoms with van der Waals surface area (Å²) in [6, 6.07) is 1.67. The largest absolute Gasteiger partial charge is 0.381 e. The lowest BCUT2D eigenvalue weighted by Gasteiger charge is -2.38. The summed E-state index contributed by atoms with van der Waals surface area (Å²) in [5.74, 6) is -1.08. The third kappa shape index (κ3) is 3.35. The zero-order valence-corrected chi connectivity index (χ0v) is 17.1. The molecule has 3 aromatic rings. The van der Waals surface area contributed by atoms with Crippen LogP contribution >= 0.6 is 0 Å². The molecule has 2 aliphatic heterocycles. The number of nitrogens with one attached hydrogen (secondary N) is 1. The topological polar surface area (TPSA) is 139 Å². The lowest BCUT2D eigenvalue weighted by molar-refractivity contribution is 0.102. The van der Waals surface area contributed by atoms with Gasteiger partial charge in [-0.05, 0) is 12.5 Å². The van der Waals surface area contributed by atoms with E-state index in [4.69, 9.17) is 5.73 Å². The maximum Gasteiger partial charge on any atom is 0.263 e. The summed E-state index contributed by atoms with van der Waals surface area (Å²) < 4.78 is 40.4. The first-order valence-electron chi connectivity index (χ1n) is 9.62. The van der Waals surface area contributed by atoms with Crippen LogP contribution in [0.4, 0.5) is 21.6 Å². The molecule has 2 saturated heterocycles. The molecule has 2 aliphatic rings. The Morgan fingerprint density at radius 1 is 1.29 bits per heavy atom. The number of sulfonamides is 1. The fraction of sp³-hybridized carbons (Fsp3) is 0.333. The number of halogens is 1. The van der Waals surface area contributed by atoms with Gasteiger partial charge >= 0.3 is 0 Å². The fourth-order valence-electron chi connectivity index (χ4n) is 4.15. The van der Waals surface area contributed by atoms with Gasteiger partial charge in [0.15, 0.2) is 17.3 Å². The Morgan fingerprint density at radius 2 is 2.13 bits per heavy atom. The molecule has 0 spiro atoms. The molecule has 11 nitrogen and oxygen atoms in total. The Morgan fingerprint density at radius 3 is 2.97 bits per heavy atom. The molecule has 2 fully saturated rings. The number of piperazine rings is 1. The van der Waals surface area contributed by atoms with Crippen molar-refractivity contribution < 1.29 is 17.6 Å². The van der Waals surface area contributed by atoms with E-state index in [0.29, 0.717) is 31.7 Å². The minimum absolute atomic E-state index is 0.0292. The summed E-state index contributed by atoms with van der Waals surface area (Å²) in [7, 11) is -3.17. The molecule has 5 rings (SSSR count). The molecule has 0 aromatic carbocycles. The van der Waals surface area contributed by atoms with Crippen LogP contribution in [0.25, 0.3) is 5.65 Å². The molecule has 0 unspecified atom stereocenters. The van der Waals surface area contributed by atoms with Crippen molar-refractivity contribution in [3.8, 4) is 0 Å². The van der Waals surface area contributed by atoms with Gasteiger partial charge in [-0.1, -0.05) is 0 Å². The fourth-order valence-corrected chi connectivity index (χ4v) is 5.94. The maximum atomic E-state index is 13.4. The van der Waals surface area contributed by atoms with Crippen molar-refractivity contribution >= 4 is 38.8 Å². The number of nitrogens with two attached hydrogens (primary N) is 1. The van der Waals surface area contributed by atoms with E-state index in [9.17, 15) is 17.6 Å². The van der Waals surface area contributed by atoms with E-state index in [2.05, 4.69) is 20.4 Å². The van der Waals surface area contributed by atoms with Gasteiger partial charge in [-0.25, -0.2) is 22.3 Å². The summed E-state index contributed by atoms with van der Waals surface area (Å²) in [6.45, 7) is 1.40. The number of rotatable bonds is 3. The molecule has 1 amide bonds. The normalized spacial score (nSPS) is 20.7. The number of aromatic nitrogens is 4. The standard InChI is InChI=1S/C18H19FN8O3S/c19-11-7-22-17-15(16(20)24-26(17)9-11)18(28)23-13-8-21-3-1-14(13)25-4-5-27-12(10-25)2-6-31(27,29)30/h1,3,7-9,12H,2,4-6,10H2,(H2,20,24)(H,23,28)/t12-/m0/s1. The molecular formula is C18H19FN8O3S. The Kier molecular flexibility index (Phi) is 4.51. The second kappa shape index (κ2) is 7.13. The van der Waals surface area contributed by atoms with Crippen molar-refractivity contribution in [1.82, 2.24) is 23.9 Å². The van der Waals surface area contributed by atoms with Gasteiger partial charge in [0, 0.05) is 31.9 Å². The van der Waals surface area contributed by atoms with Crippen LogP contribution in [-0.4, -0.2) is 69.6 Å². The number of carbonyl (C=O) groups excluding carboxylic acids is 1. The van der Waals surface area contributed by atoms with Crippen LogP contribution in [0.15, 0.2) is 30.9 Å². The van der Waals surface area contributed by atoms with Crippen LogP contribution in [0.1, 0.15) is 16.8 Å². The predicted octanol–water partition coefficient (Wildman–Crippen LogP) is 0.322. The van der Waals surface area contributed by atoms with Gasteiger partial charge in [0.1, 0.15) is 5.56 Å². The number of nitrogens with zero attached hydrogens (tertiary/aromatic N) is 6. The van der Waals surface area contributed by atoms with Crippen LogP contribution < -0.4 is 16.0 Å². The number of nitrogen functional groups attached to an aromatic ring is 1. The van der Waals surface area contributed by atoms with E-state index in [0.717, 1.165) is 22.6 Å². The van der Waals surface area contributed by atoms with Crippen molar-refractivity contribution in [1.29, 1.82) is 0 Å². The number of hydrogen-bond donors (Lipinski definition) is 2. The zero-order chi connectivity index (χ0) is 21.8. The molecule has 3 N–H and O–H groups in total. The average Bonchev–Trinajstić information content (AvgIpc) is 3.23. The van der Waals surface area contributed by atoms with E-state index in [1.165, 1.54) is 6.20 Å². The Bertz CT molecular complexity index is 1290. The quantitative estimate of drug-likeness (QED) is 0.587. The molecular weight excluding hydrogens is 427 g/mol. The van der Waals surface area contributed by atoms with Crippen LogP contribution in [0.5, 0.6) is 0 Å². The second-order valence-corrected chi connectivity index (χ2v) is 9.50. The minimum Gasteiger partial charge on any atom is -0.381 e. The van der Waals surface area contributed by atoms with Gasteiger partial charge in [0.2, 0.25) is 10.0 Å². The average molecular weight is 446 g/mol.